The monoisotopic (exact) mass is 205 g/mol. The molecule has 0 saturated heterocycles. The van der Waals surface area contributed by atoms with E-state index in [0.29, 0.717) is 0 Å². The van der Waals surface area contributed by atoms with Gasteiger partial charge in [0.2, 0.25) is 0 Å². The SMILES string of the molecule is CO[C@H](O)[C@@H](C)NC(=O)OC(C)(C)C. The van der Waals surface area contributed by atoms with Gasteiger partial charge in [-0.05, 0) is 27.7 Å². The zero-order valence-electron chi connectivity index (χ0n) is 9.33. The van der Waals surface area contributed by atoms with E-state index >= 15 is 0 Å². The summed E-state index contributed by atoms with van der Waals surface area (Å²) in [7, 11) is 1.36. The molecule has 0 fully saturated rings. The summed E-state index contributed by atoms with van der Waals surface area (Å²) in [6.07, 6.45) is -1.59. The van der Waals surface area contributed by atoms with E-state index in [-0.39, 0.29) is 0 Å². The van der Waals surface area contributed by atoms with Gasteiger partial charge in [0.05, 0.1) is 6.04 Å². The van der Waals surface area contributed by atoms with E-state index in [9.17, 15) is 9.90 Å². The molecule has 0 aliphatic carbocycles. The lowest BCUT2D eigenvalue weighted by Gasteiger charge is -2.23. The highest BCUT2D eigenvalue weighted by atomic mass is 16.6. The third kappa shape index (κ3) is 5.77. The van der Waals surface area contributed by atoms with Crippen molar-refractivity contribution in [3.05, 3.63) is 0 Å². The van der Waals surface area contributed by atoms with E-state index in [0.717, 1.165) is 0 Å². The molecular weight excluding hydrogens is 186 g/mol. The first-order valence-electron chi connectivity index (χ1n) is 4.46. The molecule has 0 bridgehead atoms. The van der Waals surface area contributed by atoms with Crippen LogP contribution in [-0.4, -0.2) is 36.2 Å². The first kappa shape index (κ1) is 13.2. The Labute approximate surface area is 84.4 Å². The van der Waals surface area contributed by atoms with Gasteiger partial charge in [-0.3, -0.25) is 0 Å². The van der Waals surface area contributed by atoms with E-state index in [1.54, 1.807) is 27.7 Å². The normalized spacial score (nSPS) is 15.9. The van der Waals surface area contributed by atoms with E-state index < -0.39 is 24.0 Å². The third-order valence-electron chi connectivity index (χ3n) is 1.41. The Morgan fingerprint density at radius 2 is 1.93 bits per heavy atom. The Morgan fingerprint density at radius 3 is 2.29 bits per heavy atom. The molecule has 14 heavy (non-hydrogen) atoms. The van der Waals surface area contributed by atoms with Gasteiger partial charge in [-0.15, -0.1) is 0 Å². The van der Waals surface area contributed by atoms with Crippen molar-refractivity contribution in [2.24, 2.45) is 0 Å². The molecule has 0 saturated carbocycles. The van der Waals surface area contributed by atoms with Crippen LogP contribution in [0.15, 0.2) is 0 Å². The average molecular weight is 205 g/mol. The van der Waals surface area contributed by atoms with Gasteiger partial charge < -0.3 is 19.9 Å². The molecule has 5 nitrogen and oxygen atoms in total. The fraction of sp³-hybridized carbons (Fsp3) is 0.889. The molecule has 2 N–H and O–H groups in total. The predicted octanol–water partition coefficient (Wildman–Crippen LogP) is 0.864. The Kier molecular flexibility index (Phi) is 4.87. The Bertz CT molecular complexity index is 188. The number of carbonyl (C=O) groups is 1. The summed E-state index contributed by atoms with van der Waals surface area (Å²) in [5.74, 6) is 0. The maximum atomic E-state index is 11.2. The number of hydrogen-bond acceptors (Lipinski definition) is 4. The van der Waals surface area contributed by atoms with Crippen LogP contribution in [0.1, 0.15) is 27.7 Å². The van der Waals surface area contributed by atoms with Gasteiger partial charge in [0, 0.05) is 7.11 Å². The van der Waals surface area contributed by atoms with E-state index in [1.807, 2.05) is 0 Å². The molecule has 84 valence electrons. The van der Waals surface area contributed by atoms with Gasteiger partial charge in [-0.25, -0.2) is 4.79 Å². The summed E-state index contributed by atoms with van der Waals surface area (Å²) >= 11 is 0. The summed E-state index contributed by atoms with van der Waals surface area (Å²) < 4.78 is 9.61. The van der Waals surface area contributed by atoms with Crippen LogP contribution in [0.2, 0.25) is 0 Å². The minimum atomic E-state index is -1.03. The molecule has 0 spiro atoms. The molecule has 0 heterocycles. The lowest BCUT2D eigenvalue weighted by molar-refractivity contribution is -0.0932. The van der Waals surface area contributed by atoms with Crippen molar-refractivity contribution in [3.63, 3.8) is 0 Å². The zero-order valence-corrected chi connectivity index (χ0v) is 9.33. The molecule has 2 atom stereocenters. The largest absolute Gasteiger partial charge is 0.444 e. The van der Waals surface area contributed by atoms with Gasteiger partial charge >= 0.3 is 6.09 Å². The first-order valence-corrected chi connectivity index (χ1v) is 4.46. The van der Waals surface area contributed by atoms with Crippen LogP contribution < -0.4 is 5.32 Å². The van der Waals surface area contributed by atoms with Crippen LogP contribution in [-0.2, 0) is 9.47 Å². The lowest BCUT2D eigenvalue weighted by Crippen LogP contribution is -2.44. The highest BCUT2D eigenvalue weighted by Gasteiger charge is 2.20. The molecule has 1 amide bonds. The number of hydrogen-bond donors (Lipinski definition) is 2. The highest BCUT2D eigenvalue weighted by molar-refractivity contribution is 5.68. The average Bonchev–Trinajstić information content (AvgIpc) is 1.99. The van der Waals surface area contributed by atoms with Crippen LogP contribution >= 0.6 is 0 Å². The van der Waals surface area contributed by atoms with Crippen LogP contribution in [0.25, 0.3) is 0 Å². The van der Waals surface area contributed by atoms with Gasteiger partial charge in [-0.1, -0.05) is 0 Å². The molecule has 5 heteroatoms. The van der Waals surface area contributed by atoms with E-state index in [1.165, 1.54) is 7.11 Å². The number of methoxy groups -OCH3 is 1. The van der Waals surface area contributed by atoms with Crippen molar-refractivity contribution >= 4 is 6.09 Å². The summed E-state index contributed by atoms with van der Waals surface area (Å²) in [6, 6.07) is -0.505. The number of carbonyl (C=O) groups excluding carboxylic acids is 1. The van der Waals surface area contributed by atoms with Crippen molar-refractivity contribution in [3.8, 4) is 0 Å². The standard InChI is InChI=1S/C9H19NO4/c1-6(7(11)13-5)10-8(12)14-9(2,3)4/h6-7,11H,1-5H3,(H,10,12)/t6-,7+/m1/s1. The predicted molar refractivity (Wildman–Crippen MR) is 51.8 cm³/mol. The minimum Gasteiger partial charge on any atom is -0.444 e. The van der Waals surface area contributed by atoms with Gasteiger partial charge in [0.1, 0.15) is 5.60 Å². The number of nitrogens with one attached hydrogen (secondary N) is 1. The summed E-state index contributed by atoms with van der Waals surface area (Å²) in [5, 5.41) is 11.6. The molecule has 0 unspecified atom stereocenters. The smallest absolute Gasteiger partial charge is 0.408 e. The second-order valence-corrected chi connectivity index (χ2v) is 4.06. The van der Waals surface area contributed by atoms with Crippen molar-refractivity contribution in [1.82, 2.24) is 5.32 Å². The van der Waals surface area contributed by atoms with Crippen molar-refractivity contribution in [2.45, 2.75) is 45.6 Å². The van der Waals surface area contributed by atoms with Crippen molar-refractivity contribution in [2.75, 3.05) is 7.11 Å². The summed E-state index contributed by atoms with van der Waals surface area (Å²) in [6.45, 7) is 6.93. The van der Waals surface area contributed by atoms with Gasteiger partial charge in [0.15, 0.2) is 6.29 Å². The molecule has 0 aromatic rings. The Morgan fingerprint density at radius 1 is 1.43 bits per heavy atom. The number of ether oxygens (including phenoxy) is 2. The molecule has 0 radical (unpaired) electrons. The fourth-order valence-corrected chi connectivity index (χ4v) is 0.769. The summed E-state index contributed by atoms with van der Waals surface area (Å²) in [5.41, 5.74) is -0.540. The molecule has 0 aromatic heterocycles. The van der Waals surface area contributed by atoms with E-state index in [4.69, 9.17) is 4.74 Å². The Hall–Kier alpha value is -0.810. The quantitative estimate of drug-likeness (QED) is 0.671. The summed E-state index contributed by atoms with van der Waals surface area (Å²) in [4.78, 5) is 11.2. The van der Waals surface area contributed by atoms with Crippen LogP contribution in [0.5, 0.6) is 0 Å². The number of rotatable bonds is 3. The highest BCUT2D eigenvalue weighted by Crippen LogP contribution is 2.07. The Balaban J connectivity index is 3.95. The van der Waals surface area contributed by atoms with Crippen LogP contribution in [0.3, 0.4) is 0 Å². The number of aliphatic hydroxyl groups excluding tert-OH is 1. The van der Waals surface area contributed by atoms with Crippen LogP contribution in [0.4, 0.5) is 4.79 Å². The molecule has 0 rings (SSSR count). The number of aliphatic hydroxyl groups is 1. The second-order valence-electron chi connectivity index (χ2n) is 4.06. The molecule has 0 aromatic carbocycles. The fourth-order valence-electron chi connectivity index (χ4n) is 0.769. The maximum absolute atomic E-state index is 11.2. The van der Waals surface area contributed by atoms with E-state index in [2.05, 4.69) is 10.1 Å². The second kappa shape index (κ2) is 5.17. The third-order valence-corrected chi connectivity index (χ3v) is 1.41. The molecular formula is C9H19NO4. The van der Waals surface area contributed by atoms with Crippen molar-refractivity contribution in [1.29, 1.82) is 0 Å². The van der Waals surface area contributed by atoms with Gasteiger partial charge in [-0.2, -0.15) is 0 Å². The minimum absolute atomic E-state index is 0.505. The molecule has 0 aliphatic heterocycles. The lowest BCUT2D eigenvalue weighted by atomic mass is 10.2. The first-order chi connectivity index (χ1) is 6.26. The zero-order chi connectivity index (χ0) is 11.4. The topological polar surface area (TPSA) is 67.8 Å². The molecule has 0 aliphatic rings. The number of amides is 1. The number of alkyl carbamates (subject to hydrolysis) is 1. The van der Waals surface area contributed by atoms with Gasteiger partial charge in [0.25, 0.3) is 0 Å². The van der Waals surface area contributed by atoms with Crippen LogP contribution in [0, 0.1) is 0 Å². The van der Waals surface area contributed by atoms with Crippen molar-refractivity contribution < 1.29 is 19.4 Å². The maximum Gasteiger partial charge on any atom is 0.408 e.